The number of unbranched alkanes of at least 4 members (excludes halogenated alkanes) is 1. The van der Waals surface area contributed by atoms with Gasteiger partial charge in [-0.25, -0.2) is 0 Å². The summed E-state index contributed by atoms with van der Waals surface area (Å²) < 4.78 is 0. The topological polar surface area (TPSA) is 37.3 Å². The number of hydrogen-bond donors (Lipinski definition) is 1. The number of carboxylic acid groups (broad SMARTS) is 1. The quantitative estimate of drug-likeness (QED) is 0.555. The van der Waals surface area contributed by atoms with E-state index < -0.39 is 5.97 Å². The van der Waals surface area contributed by atoms with Crippen LogP contribution < -0.4 is 0 Å². The van der Waals surface area contributed by atoms with Gasteiger partial charge in [0.15, 0.2) is 0 Å². The van der Waals surface area contributed by atoms with Gasteiger partial charge >= 0.3 is 5.97 Å². The fourth-order valence-corrected chi connectivity index (χ4v) is 4.78. The average molecular weight is 309 g/mol. The lowest BCUT2D eigenvalue weighted by Crippen LogP contribution is -2.21. The van der Waals surface area contributed by atoms with Crippen LogP contribution in [0, 0.1) is 23.7 Å². The Morgan fingerprint density at radius 1 is 0.773 bits per heavy atom. The van der Waals surface area contributed by atoms with Gasteiger partial charge < -0.3 is 5.11 Å². The molecule has 0 unspecified atom stereocenters. The molecule has 0 heterocycles. The first-order valence-corrected chi connectivity index (χ1v) is 9.91. The highest BCUT2D eigenvalue weighted by Gasteiger charge is 2.25. The van der Waals surface area contributed by atoms with Gasteiger partial charge in [-0.3, -0.25) is 4.79 Å². The molecule has 2 aliphatic rings. The average Bonchev–Trinajstić information content (AvgIpc) is 2.54. The number of rotatable bonds is 8. The molecule has 0 atom stereocenters. The molecule has 2 fully saturated rings. The fraction of sp³-hybridized carbons (Fsp3) is 0.950. The molecule has 1 N–H and O–H groups in total. The third-order valence-corrected chi connectivity index (χ3v) is 6.33. The number of carboxylic acids is 1. The Morgan fingerprint density at radius 2 is 1.18 bits per heavy atom. The zero-order chi connectivity index (χ0) is 15.8. The summed E-state index contributed by atoms with van der Waals surface area (Å²) in [6, 6.07) is 0. The maximum absolute atomic E-state index is 11.0. The zero-order valence-corrected chi connectivity index (χ0v) is 14.6. The third kappa shape index (κ3) is 5.93. The first-order valence-electron chi connectivity index (χ1n) is 9.91. The lowest BCUT2D eigenvalue weighted by molar-refractivity contribution is -0.143. The second kappa shape index (κ2) is 9.57. The second-order valence-corrected chi connectivity index (χ2v) is 8.02. The predicted octanol–water partition coefficient (Wildman–Crippen LogP) is 6.04. The number of hydrogen-bond acceptors (Lipinski definition) is 1. The minimum Gasteiger partial charge on any atom is -0.481 e. The van der Waals surface area contributed by atoms with E-state index in [2.05, 4.69) is 6.92 Å². The van der Waals surface area contributed by atoms with Crippen molar-refractivity contribution in [1.82, 2.24) is 0 Å². The molecule has 0 amide bonds. The first kappa shape index (κ1) is 17.8. The molecule has 0 aromatic heterocycles. The van der Waals surface area contributed by atoms with Crippen LogP contribution in [-0.4, -0.2) is 11.1 Å². The minimum absolute atomic E-state index is 0.0467. The van der Waals surface area contributed by atoms with Crippen molar-refractivity contribution in [3.63, 3.8) is 0 Å². The maximum Gasteiger partial charge on any atom is 0.306 e. The van der Waals surface area contributed by atoms with Crippen LogP contribution in [0.5, 0.6) is 0 Å². The Hall–Kier alpha value is -0.530. The van der Waals surface area contributed by atoms with Gasteiger partial charge in [-0.05, 0) is 43.4 Å². The summed E-state index contributed by atoms with van der Waals surface area (Å²) in [4.78, 5) is 11.0. The molecule has 128 valence electrons. The van der Waals surface area contributed by atoms with Crippen molar-refractivity contribution < 1.29 is 9.90 Å². The predicted molar refractivity (Wildman–Crippen MR) is 91.9 cm³/mol. The Kier molecular flexibility index (Phi) is 7.75. The van der Waals surface area contributed by atoms with Crippen LogP contribution in [0.3, 0.4) is 0 Å². The van der Waals surface area contributed by atoms with Gasteiger partial charge in [-0.2, -0.15) is 0 Å². The van der Waals surface area contributed by atoms with Crippen molar-refractivity contribution in [2.24, 2.45) is 23.7 Å². The Balaban J connectivity index is 1.49. The van der Waals surface area contributed by atoms with Gasteiger partial charge in [0.1, 0.15) is 0 Å². The van der Waals surface area contributed by atoms with Crippen molar-refractivity contribution >= 4 is 5.97 Å². The number of aliphatic carboxylic acids is 1. The molecule has 0 radical (unpaired) electrons. The Morgan fingerprint density at radius 3 is 1.59 bits per heavy atom. The van der Waals surface area contributed by atoms with E-state index in [0.717, 1.165) is 43.4 Å². The summed E-state index contributed by atoms with van der Waals surface area (Å²) in [5.41, 5.74) is 0. The van der Waals surface area contributed by atoms with Crippen molar-refractivity contribution in [2.45, 2.75) is 96.8 Å². The van der Waals surface area contributed by atoms with Gasteiger partial charge in [-0.15, -0.1) is 0 Å². The highest BCUT2D eigenvalue weighted by atomic mass is 16.4. The fourth-order valence-electron chi connectivity index (χ4n) is 4.78. The summed E-state index contributed by atoms with van der Waals surface area (Å²) in [6.45, 7) is 2.32. The summed E-state index contributed by atoms with van der Waals surface area (Å²) >= 11 is 0. The van der Waals surface area contributed by atoms with Gasteiger partial charge in [0, 0.05) is 0 Å². The standard InChI is InChI=1S/C20H36O2/c1-2-5-16-8-10-17(11-9-16)6-3-4-7-18-12-14-19(15-13-18)20(21)22/h16-19H,2-15H2,1H3,(H,21,22)/t16-,17-,18-,19-. The third-order valence-electron chi connectivity index (χ3n) is 6.33. The van der Waals surface area contributed by atoms with Crippen LogP contribution in [-0.2, 0) is 4.79 Å². The molecule has 0 bridgehead atoms. The molecular weight excluding hydrogens is 272 g/mol. The van der Waals surface area contributed by atoms with Gasteiger partial charge in [0.25, 0.3) is 0 Å². The van der Waals surface area contributed by atoms with E-state index in [9.17, 15) is 4.79 Å². The molecule has 0 aromatic rings. The monoisotopic (exact) mass is 308 g/mol. The van der Waals surface area contributed by atoms with E-state index >= 15 is 0 Å². The van der Waals surface area contributed by atoms with Crippen LogP contribution in [0.25, 0.3) is 0 Å². The molecule has 2 aliphatic carbocycles. The van der Waals surface area contributed by atoms with Gasteiger partial charge in [0.2, 0.25) is 0 Å². The van der Waals surface area contributed by atoms with E-state index in [1.54, 1.807) is 0 Å². The highest BCUT2D eigenvalue weighted by molar-refractivity contribution is 5.69. The van der Waals surface area contributed by atoms with E-state index in [0.29, 0.717) is 0 Å². The summed E-state index contributed by atoms with van der Waals surface area (Å²) in [6.07, 6.45) is 18.4. The smallest absolute Gasteiger partial charge is 0.306 e. The maximum atomic E-state index is 11.0. The summed E-state index contributed by atoms with van der Waals surface area (Å²) in [5, 5.41) is 9.04. The molecule has 0 saturated heterocycles. The lowest BCUT2D eigenvalue weighted by Gasteiger charge is -2.29. The van der Waals surface area contributed by atoms with Crippen molar-refractivity contribution in [2.75, 3.05) is 0 Å². The Labute approximate surface area is 137 Å². The molecule has 2 saturated carbocycles. The van der Waals surface area contributed by atoms with Crippen molar-refractivity contribution in [1.29, 1.82) is 0 Å². The second-order valence-electron chi connectivity index (χ2n) is 8.02. The minimum atomic E-state index is -0.572. The van der Waals surface area contributed by atoms with Crippen LogP contribution in [0.4, 0.5) is 0 Å². The molecule has 2 rings (SSSR count). The molecule has 0 spiro atoms. The van der Waals surface area contributed by atoms with Gasteiger partial charge in [-0.1, -0.05) is 71.1 Å². The summed E-state index contributed by atoms with van der Waals surface area (Å²) in [5.74, 6) is 2.24. The molecule has 0 aliphatic heterocycles. The molecular formula is C20H36O2. The first-order chi connectivity index (χ1) is 10.7. The normalized spacial score (nSPS) is 32.8. The van der Waals surface area contributed by atoms with Crippen molar-refractivity contribution in [3.8, 4) is 0 Å². The van der Waals surface area contributed by atoms with Gasteiger partial charge in [0.05, 0.1) is 5.92 Å². The van der Waals surface area contributed by atoms with Crippen LogP contribution >= 0.6 is 0 Å². The highest BCUT2D eigenvalue weighted by Crippen LogP contribution is 2.35. The molecule has 2 nitrogen and oxygen atoms in total. The number of carbonyl (C=O) groups is 1. The molecule has 2 heteroatoms. The largest absolute Gasteiger partial charge is 0.481 e. The van der Waals surface area contributed by atoms with Crippen LogP contribution in [0.1, 0.15) is 96.8 Å². The van der Waals surface area contributed by atoms with E-state index in [1.807, 2.05) is 0 Å². The van der Waals surface area contributed by atoms with E-state index in [1.165, 1.54) is 64.2 Å². The molecule has 0 aromatic carbocycles. The zero-order valence-electron chi connectivity index (χ0n) is 14.6. The summed E-state index contributed by atoms with van der Waals surface area (Å²) in [7, 11) is 0. The van der Waals surface area contributed by atoms with Crippen molar-refractivity contribution in [3.05, 3.63) is 0 Å². The van der Waals surface area contributed by atoms with E-state index in [-0.39, 0.29) is 5.92 Å². The molecule has 22 heavy (non-hydrogen) atoms. The Bertz CT molecular complexity index is 310. The van der Waals surface area contributed by atoms with Crippen LogP contribution in [0.2, 0.25) is 0 Å². The van der Waals surface area contributed by atoms with Crippen LogP contribution in [0.15, 0.2) is 0 Å². The van der Waals surface area contributed by atoms with E-state index in [4.69, 9.17) is 5.11 Å². The SMILES string of the molecule is CCC[C@H]1CC[C@H](CCCC[C@H]2CC[C@H](C(=O)O)CC2)CC1. The lowest BCUT2D eigenvalue weighted by atomic mass is 9.77.